The minimum Gasteiger partial charge on any atom is -0.481 e. The molecule has 1 N–H and O–H groups in total. The van der Waals surface area contributed by atoms with Crippen LogP contribution < -0.4 is 10.1 Å². The number of hydrogen-bond donors (Lipinski definition) is 1. The van der Waals surface area contributed by atoms with Gasteiger partial charge in [-0.15, -0.1) is 0 Å². The van der Waals surface area contributed by atoms with Gasteiger partial charge in [0.05, 0.1) is 5.02 Å². The maximum absolute atomic E-state index is 13.2. The number of rotatable bonds is 4. The summed E-state index contributed by atoms with van der Waals surface area (Å²) in [6.07, 6.45) is 6.73. The molecule has 1 amide bonds. The molecule has 0 heterocycles. The van der Waals surface area contributed by atoms with Gasteiger partial charge >= 0.3 is 0 Å². The molecule has 1 aromatic carbocycles. The molecule has 4 aliphatic rings. The average molecular weight is 352 g/mol. The molecule has 4 fully saturated rings. The summed E-state index contributed by atoms with van der Waals surface area (Å²) < 4.78 is 18.9. The van der Waals surface area contributed by atoms with Crippen molar-refractivity contribution in [3.8, 4) is 5.75 Å². The highest BCUT2D eigenvalue weighted by Crippen LogP contribution is 2.55. The summed E-state index contributed by atoms with van der Waals surface area (Å²) in [6, 6.07) is 4.16. The summed E-state index contributed by atoms with van der Waals surface area (Å²) >= 11 is 5.77. The van der Waals surface area contributed by atoms with E-state index in [4.69, 9.17) is 16.3 Å². The molecule has 0 unspecified atom stereocenters. The molecule has 1 aromatic rings. The van der Waals surface area contributed by atoms with Gasteiger partial charge in [0.2, 0.25) is 0 Å². The summed E-state index contributed by atoms with van der Waals surface area (Å²) in [5, 5.41) is 3.30. The molecule has 4 bridgehead atoms. The summed E-state index contributed by atoms with van der Waals surface area (Å²) in [5.74, 6) is 2.18. The summed E-state index contributed by atoms with van der Waals surface area (Å²) in [4.78, 5) is 12.6. The van der Waals surface area contributed by atoms with Crippen LogP contribution in [0.5, 0.6) is 5.75 Å². The van der Waals surface area contributed by atoms with Crippen molar-refractivity contribution in [1.29, 1.82) is 0 Å². The van der Waals surface area contributed by atoms with Crippen LogP contribution in [0.15, 0.2) is 18.2 Å². The third-order valence-electron chi connectivity index (χ3n) is 6.00. The molecule has 5 heteroatoms. The van der Waals surface area contributed by atoms with Crippen LogP contribution in [0.4, 0.5) is 4.39 Å². The Morgan fingerprint density at radius 2 is 1.83 bits per heavy atom. The van der Waals surface area contributed by atoms with Gasteiger partial charge in [0.15, 0.2) is 6.10 Å². The summed E-state index contributed by atoms with van der Waals surface area (Å²) in [7, 11) is 0. The van der Waals surface area contributed by atoms with E-state index >= 15 is 0 Å². The van der Waals surface area contributed by atoms with E-state index < -0.39 is 11.9 Å². The van der Waals surface area contributed by atoms with E-state index in [-0.39, 0.29) is 16.5 Å². The monoisotopic (exact) mass is 351 g/mol. The first kappa shape index (κ1) is 16.2. The third kappa shape index (κ3) is 3.01. The van der Waals surface area contributed by atoms with Crippen molar-refractivity contribution in [2.24, 2.45) is 17.8 Å². The van der Waals surface area contributed by atoms with E-state index in [0.29, 0.717) is 5.75 Å². The van der Waals surface area contributed by atoms with Crippen LogP contribution >= 0.6 is 11.6 Å². The maximum Gasteiger partial charge on any atom is 0.261 e. The van der Waals surface area contributed by atoms with Crippen LogP contribution in [0.1, 0.15) is 45.4 Å². The number of hydrogen-bond acceptors (Lipinski definition) is 2. The Kier molecular flexibility index (Phi) is 3.98. The Bertz CT molecular complexity index is 627. The SMILES string of the molecule is C[C@@H](Oc1ccc(F)c(Cl)c1)C(=O)NC12CC3CC(CC(C3)C1)C2. The van der Waals surface area contributed by atoms with Crippen LogP contribution in [-0.4, -0.2) is 17.6 Å². The van der Waals surface area contributed by atoms with E-state index in [1.165, 1.54) is 37.5 Å². The second kappa shape index (κ2) is 5.91. The van der Waals surface area contributed by atoms with E-state index in [2.05, 4.69) is 5.32 Å². The average Bonchev–Trinajstić information content (AvgIpc) is 2.49. The lowest BCUT2D eigenvalue weighted by molar-refractivity contribution is -0.133. The number of nitrogens with one attached hydrogen (secondary N) is 1. The van der Waals surface area contributed by atoms with Crippen molar-refractivity contribution in [2.75, 3.05) is 0 Å². The van der Waals surface area contributed by atoms with E-state index in [1.807, 2.05) is 0 Å². The van der Waals surface area contributed by atoms with Gasteiger partial charge in [-0.1, -0.05) is 11.6 Å². The fraction of sp³-hybridized carbons (Fsp3) is 0.632. The van der Waals surface area contributed by atoms with Gasteiger partial charge in [-0.25, -0.2) is 4.39 Å². The minimum atomic E-state index is -0.625. The second-order valence-corrected chi connectivity index (χ2v) is 8.43. The highest BCUT2D eigenvalue weighted by Gasteiger charge is 2.51. The van der Waals surface area contributed by atoms with Crippen LogP contribution in [0.2, 0.25) is 5.02 Å². The Balaban J connectivity index is 1.41. The molecule has 4 saturated carbocycles. The standard InChI is InChI=1S/C19H23ClFNO2/c1-11(24-15-2-3-17(21)16(20)7-15)18(23)22-19-8-12-4-13(9-19)6-14(5-12)10-19/h2-3,7,11-14H,4-6,8-10H2,1H3,(H,22,23)/t11-,12?,13?,14?,19?/m1/s1. The fourth-order valence-corrected chi connectivity index (χ4v) is 5.61. The van der Waals surface area contributed by atoms with Gasteiger partial charge in [-0.3, -0.25) is 4.79 Å². The largest absolute Gasteiger partial charge is 0.481 e. The van der Waals surface area contributed by atoms with Crippen LogP contribution in [0, 0.1) is 23.6 Å². The molecule has 1 atom stereocenters. The first-order valence-electron chi connectivity index (χ1n) is 8.86. The van der Waals surface area contributed by atoms with Gasteiger partial charge in [-0.2, -0.15) is 0 Å². The van der Waals surface area contributed by atoms with E-state index in [9.17, 15) is 9.18 Å². The molecular formula is C19H23ClFNO2. The number of carbonyl (C=O) groups excluding carboxylic acids is 1. The molecule has 3 nitrogen and oxygen atoms in total. The quantitative estimate of drug-likeness (QED) is 0.876. The van der Waals surface area contributed by atoms with Crippen LogP contribution in [0.25, 0.3) is 0 Å². The van der Waals surface area contributed by atoms with Crippen molar-refractivity contribution in [2.45, 2.75) is 57.1 Å². The zero-order valence-electron chi connectivity index (χ0n) is 13.9. The van der Waals surface area contributed by atoms with Gasteiger partial charge in [0.1, 0.15) is 11.6 Å². The number of ether oxygens (including phenoxy) is 1. The number of benzene rings is 1. The molecule has 4 aliphatic carbocycles. The predicted octanol–water partition coefficient (Wildman–Crippen LogP) is 4.33. The van der Waals surface area contributed by atoms with Crippen molar-refractivity contribution in [3.05, 3.63) is 29.0 Å². The third-order valence-corrected chi connectivity index (χ3v) is 6.29. The minimum absolute atomic E-state index is 0.00110. The molecular weight excluding hydrogens is 329 g/mol. The molecule has 0 aromatic heterocycles. The topological polar surface area (TPSA) is 38.3 Å². The highest BCUT2D eigenvalue weighted by molar-refractivity contribution is 6.30. The molecule has 0 radical (unpaired) electrons. The lowest BCUT2D eigenvalue weighted by atomic mass is 9.53. The molecule has 0 spiro atoms. The Hall–Kier alpha value is -1.29. The Morgan fingerprint density at radius 3 is 2.38 bits per heavy atom. The van der Waals surface area contributed by atoms with Crippen molar-refractivity contribution >= 4 is 17.5 Å². The zero-order valence-corrected chi connectivity index (χ0v) is 14.6. The number of halogens is 2. The van der Waals surface area contributed by atoms with Crippen LogP contribution in [0.3, 0.4) is 0 Å². The van der Waals surface area contributed by atoms with E-state index in [1.54, 1.807) is 6.92 Å². The maximum atomic E-state index is 13.2. The number of amides is 1. The second-order valence-electron chi connectivity index (χ2n) is 8.02. The predicted molar refractivity (Wildman–Crippen MR) is 90.5 cm³/mol. The first-order valence-corrected chi connectivity index (χ1v) is 9.24. The van der Waals surface area contributed by atoms with Crippen LogP contribution in [-0.2, 0) is 4.79 Å². The molecule has 130 valence electrons. The van der Waals surface area contributed by atoms with Crippen molar-refractivity contribution < 1.29 is 13.9 Å². The van der Waals surface area contributed by atoms with Gasteiger partial charge in [0.25, 0.3) is 5.91 Å². The molecule has 5 rings (SSSR count). The fourth-order valence-electron chi connectivity index (χ4n) is 5.43. The smallest absolute Gasteiger partial charge is 0.261 e. The molecule has 0 aliphatic heterocycles. The lowest BCUT2D eigenvalue weighted by Gasteiger charge is -2.57. The van der Waals surface area contributed by atoms with Gasteiger partial charge in [-0.05, 0) is 75.3 Å². The van der Waals surface area contributed by atoms with E-state index in [0.717, 1.165) is 37.0 Å². The van der Waals surface area contributed by atoms with Crippen molar-refractivity contribution in [1.82, 2.24) is 5.32 Å². The summed E-state index contributed by atoms with van der Waals surface area (Å²) in [6.45, 7) is 1.73. The highest BCUT2D eigenvalue weighted by atomic mass is 35.5. The first-order chi connectivity index (χ1) is 11.4. The number of carbonyl (C=O) groups is 1. The summed E-state index contributed by atoms with van der Waals surface area (Å²) in [5.41, 5.74) is -0.0239. The molecule has 0 saturated heterocycles. The normalized spacial score (nSPS) is 34.9. The van der Waals surface area contributed by atoms with Gasteiger partial charge in [0, 0.05) is 11.6 Å². The van der Waals surface area contributed by atoms with Gasteiger partial charge < -0.3 is 10.1 Å². The molecule has 24 heavy (non-hydrogen) atoms. The Labute approximate surface area is 146 Å². The lowest BCUT2D eigenvalue weighted by Crippen LogP contribution is -2.61. The Morgan fingerprint density at radius 1 is 1.25 bits per heavy atom. The zero-order chi connectivity index (χ0) is 16.9. The van der Waals surface area contributed by atoms with Crippen molar-refractivity contribution in [3.63, 3.8) is 0 Å².